The molecule has 6 heteroatoms. The van der Waals surface area contributed by atoms with Gasteiger partial charge >= 0.3 is 0 Å². The van der Waals surface area contributed by atoms with Crippen molar-refractivity contribution in [1.29, 1.82) is 0 Å². The summed E-state index contributed by atoms with van der Waals surface area (Å²) in [7, 11) is 0. The number of aryl methyl sites for hydroxylation is 1. The largest absolute Gasteiger partial charge is 0.484 e. The van der Waals surface area contributed by atoms with Crippen molar-refractivity contribution in [2.75, 3.05) is 6.61 Å². The number of carbonyl (C=O) groups excluding carboxylic acids is 1. The Morgan fingerprint density at radius 3 is 2.25 bits per heavy atom. The average molecular weight is 331 g/mol. The molecule has 0 aliphatic carbocycles. The van der Waals surface area contributed by atoms with Gasteiger partial charge in [0.15, 0.2) is 6.61 Å². The highest BCUT2D eigenvalue weighted by Gasteiger charge is 2.20. The number of nitrogens with zero attached hydrogens (tertiary/aromatic N) is 3. The smallest absolute Gasteiger partial charge is 0.260 e. The minimum absolute atomic E-state index is 0.0198. The number of ether oxygens (including phenoxy) is 1. The zero-order chi connectivity index (χ0) is 17.7. The summed E-state index contributed by atoms with van der Waals surface area (Å²) in [5, 5.41) is 7.95. The Balaban J connectivity index is 1.97. The topological polar surface area (TPSA) is 68.5 Å². The van der Waals surface area contributed by atoms with Crippen molar-refractivity contribution in [2.24, 2.45) is 0 Å². The van der Waals surface area contributed by atoms with Crippen LogP contribution in [0.1, 0.15) is 40.5 Å². The van der Waals surface area contributed by atoms with E-state index in [0.29, 0.717) is 24.0 Å². The summed E-state index contributed by atoms with van der Waals surface area (Å²) in [6, 6.07) is 7.58. The highest BCUT2D eigenvalue weighted by molar-refractivity contribution is 5.78. The molecule has 0 atom stereocenters. The van der Waals surface area contributed by atoms with Crippen LogP contribution >= 0.6 is 0 Å². The van der Waals surface area contributed by atoms with Gasteiger partial charge < -0.3 is 14.1 Å². The maximum atomic E-state index is 12.3. The van der Waals surface area contributed by atoms with Crippen LogP contribution in [0.15, 0.2) is 28.7 Å². The molecule has 0 spiro atoms. The van der Waals surface area contributed by atoms with Crippen molar-refractivity contribution in [3.63, 3.8) is 0 Å². The van der Waals surface area contributed by atoms with Gasteiger partial charge in [-0.15, -0.1) is 10.2 Å². The Morgan fingerprint density at radius 1 is 1.12 bits per heavy atom. The predicted octanol–water partition coefficient (Wildman–Crippen LogP) is 3.32. The van der Waals surface area contributed by atoms with E-state index in [1.165, 1.54) is 0 Å². The first kappa shape index (κ1) is 18.0. The van der Waals surface area contributed by atoms with Crippen LogP contribution in [0.3, 0.4) is 0 Å². The van der Waals surface area contributed by atoms with E-state index in [1.807, 2.05) is 51.7 Å². The molecule has 24 heavy (non-hydrogen) atoms. The lowest BCUT2D eigenvalue weighted by molar-refractivity contribution is -0.136. The Kier molecular flexibility index (Phi) is 5.95. The molecule has 130 valence electrons. The lowest BCUT2D eigenvalue weighted by Crippen LogP contribution is -2.44. The molecule has 0 N–H and O–H groups in total. The number of carbonyl (C=O) groups is 1. The van der Waals surface area contributed by atoms with Crippen molar-refractivity contribution in [1.82, 2.24) is 15.1 Å². The minimum Gasteiger partial charge on any atom is -0.484 e. The normalized spacial score (nSPS) is 11.1. The van der Waals surface area contributed by atoms with E-state index in [-0.39, 0.29) is 24.6 Å². The summed E-state index contributed by atoms with van der Waals surface area (Å²) in [4.78, 5) is 14.1. The zero-order valence-electron chi connectivity index (χ0n) is 14.9. The van der Waals surface area contributed by atoms with Crippen molar-refractivity contribution in [3.8, 4) is 17.2 Å². The van der Waals surface area contributed by atoms with E-state index >= 15 is 0 Å². The maximum absolute atomic E-state index is 12.3. The Bertz CT molecular complexity index is 654. The third-order valence-electron chi connectivity index (χ3n) is 3.63. The van der Waals surface area contributed by atoms with Crippen LogP contribution in [0.4, 0.5) is 0 Å². The Hall–Kier alpha value is -2.37. The van der Waals surface area contributed by atoms with Gasteiger partial charge in [-0.2, -0.15) is 0 Å². The van der Waals surface area contributed by atoms with Gasteiger partial charge in [-0.3, -0.25) is 4.79 Å². The first-order valence-corrected chi connectivity index (χ1v) is 8.29. The molecule has 2 rings (SSSR count). The summed E-state index contributed by atoms with van der Waals surface area (Å²) in [6.45, 7) is 9.99. The zero-order valence-corrected chi connectivity index (χ0v) is 14.9. The second-order valence-electron chi connectivity index (χ2n) is 6.16. The van der Waals surface area contributed by atoms with E-state index in [0.717, 1.165) is 5.56 Å². The van der Waals surface area contributed by atoms with Crippen LogP contribution in [0.5, 0.6) is 5.75 Å². The number of benzene rings is 1. The van der Waals surface area contributed by atoms with E-state index in [1.54, 1.807) is 12.1 Å². The second kappa shape index (κ2) is 7.95. The van der Waals surface area contributed by atoms with E-state index < -0.39 is 0 Å². The number of hydrogen-bond donors (Lipinski definition) is 0. The van der Waals surface area contributed by atoms with Crippen LogP contribution in [-0.4, -0.2) is 39.7 Å². The molecule has 0 saturated carbocycles. The molecule has 1 aromatic heterocycles. The highest BCUT2D eigenvalue weighted by Crippen LogP contribution is 2.21. The first-order chi connectivity index (χ1) is 11.4. The van der Waals surface area contributed by atoms with Crippen LogP contribution in [0.2, 0.25) is 0 Å². The molecular formula is C18H25N3O3. The van der Waals surface area contributed by atoms with Crippen LogP contribution in [-0.2, 0) is 11.2 Å². The van der Waals surface area contributed by atoms with Crippen molar-refractivity contribution < 1.29 is 13.9 Å². The Labute approximate surface area is 142 Å². The third kappa shape index (κ3) is 4.34. The lowest BCUT2D eigenvalue weighted by atomic mass is 10.2. The quantitative estimate of drug-likeness (QED) is 0.778. The van der Waals surface area contributed by atoms with Gasteiger partial charge in [-0.05, 0) is 52.0 Å². The molecule has 0 bridgehead atoms. The van der Waals surface area contributed by atoms with Crippen molar-refractivity contribution in [3.05, 3.63) is 30.2 Å². The fourth-order valence-corrected chi connectivity index (χ4v) is 2.60. The molecule has 0 unspecified atom stereocenters. The monoisotopic (exact) mass is 331 g/mol. The summed E-state index contributed by atoms with van der Waals surface area (Å²) in [5.41, 5.74) is 0.826. The molecule has 0 fully saturated rings. The van der Waals surface area contributed by atoms with Gasteiger partial charge in [0.05, 0.1) is 0 Å². The SMILES string of the molecule is CCc1nnc(-c2ccc(OCC(=O)N(C(C)C)C(C)C)cc2)o1. The number of rotatable bonds is 7. The minimum atomic E-state index is -0.0198. The summed E-state index contributed by atoms with van der Waals surface area (Å²) in [6.07, 6.45) is 0.707. The fraction of sp³-hybridized carbons (Fsp3) is 0.500. The third-order valence-corrected chi connectivity index (χ3v) is 3.63. The molecular weight excluding hydrogens is 306 g/mol. The van der Waals surface area contributed by atoms with Crippen LogP contribution < -0.4 is 4.74 Å². The molecule has 1 aromatic carbocycles. The number of aromatic nitrogens is 2. The molecule has 0 aliphatic rings. The van der Waals surface area contributed by atoms with Crippen LogP contribution in [0, 0.1) is 0 Å². The average Bonchev–Trinajstić information content (AvgIpc) is 3.02. The summed E-state index contributed by atoms with van der Waals surface area (Å²) >= 11 is 0. The molecule has 2 aromatic rings. The fourth-order valence-electron chi connectivity index (χ4n) is 2.60. The van der Waals surface area contributed by atoms with Gasteiger partial charge in [0, 0.05) is 24.1 Å². The van der Waals surface area contributed by atoms with Gasteiger partial charge in [0.1, 0.15) is 5.75 Å². The predicted molar refractivity (Wildman–Crippen MR) is 91.7 cm³/mol. The second-order valence-corrected chi connectivity index (χ2v) is 6.16. The molecule has 1 heterocycles. The van der Waals surface area contributed by atoms with E-state index in [4.69, 9.17) is 9.15 Å². The molecule has 0 saturated heterocycles. The Morgan fingerprint density at radius 2 is 1.75 bits per heavy atom. The van der Waals surface area contributed by atoms with Gasteiger partial charge in [0.25, 0.3) is 5.91 Å². The molecule has 6 nitrogen and oxygen atoms in total. The van der Waals surface area contributed by atoms with Gasteiger partial charge in [0.2, 0.25) is 11.8 Å². The van der Waals surface area contributed by atoms with E-state index in [9.17, 15) is 4.79 Å². The highest BCUT2D eigenvalue weighted by atomic mass is 16.5. The van der Waals surface area contributed by atoms with Crippen molar-refractivity contribution in [2.45, 2.75) is 53.1 Å². The summed E-state index contributed by atoms with van der Waals surface area (Å²) < 4.78 is 11.1. The number of amides is 1. The lowest BCUT2D eigenvalue weighted by Gasteiger charge is -2.30. The molecule has 0 aliphatic heterocycles. The summed E-state index contributed by atoms with van der Waals surface area (Å²) in [5.74, 6) is 1.71. The number of hydrogen-bond acceptors (Lipinski definition) is 5. The first-order valence-electron chi connectivity index (χ1n) is 8.29. The van der Waals surface area contributed by atoms with E-state index in [2.05, 4.69) is 10.2 Å². The molecule has 1 amide bonds. The van der Waals surface area contributed by atoms with Gasteiger partial charge in [-0.25, -0.2) is 0 Å². The van der Waals surface area contributed by atoms with Gasteiger partial charge in [-0.1, -0.05) is 6.92 Å². The maximum Gasteiger partial charge on any atom is 0.260 e. The standard InChI is InChI=1S/C18H25N3O3/c1-6-16-19-20-18(24-16)14-7-9-15(10-8-14)23-11-17(22)21(12(2)3)13(4)5/h7-10,12-13H,6,11H2,1-5H3. The van der Waals surface area contributed by atoms with Crippen molar-refractivity contribution >= 4 is 5.91 Å². The van der Waals surface area contributed by atoms with Crippen LogP contribution in [0.25, 0.3) is 11.5 Å². The molecule has 0 radical (unpaired) electrons.